The molecule has 4 aromatic rings. The summed E-state index contributed by atoms with van der Waals surface area (Å²) >= 11 is 12.7. The average molecular weight is 639 g/mol. The van der Waals surface area contributed by atoms with Crippen LogP contribution in [0.5, 0.6) is 0 Å². The Balaban J connectivity index is 1.81. The van der Waals surface area contributed by atoms with Gasteiger partial charge in [0.1, 0.15) is 12.6 Å². The lowest BCUT2D eigenvalue weighted by atomic mass is 10.0. The number of carbonyl (C=O) groups is 2. The van der Waals surface area contributed by atoms with Crippen LogP contribution in [0.25, 0.3) is 0 Å². The Morgan fingerprint density at radius 1 is 0.860 bits per heavy atom. The highest BCUT2D eigenvalue weighted by molar-refractivity contribution is 7.92. The molecular weight excluding hydrogens is 605 g/mol. The van der Waals surface area contributed by atoms with Crippen LogP contribution in [0.2, 0.25) is 10.0 Å². The van der Waals surface area contributed by atoms with Gasteiger partial charge < -0.3 is 10.2 Å². The fraction of sp³-hybridized carbons (Fsp3) is 0.212. The first-order valence-corrected chi connectivity index (χ1v) is 16.0. The van der Waals surface area contributed by atoms with Gasteiger partial charge in [0.15, 0.2) is 0 Å². The second-order valence-corrected chi connectivity index (χ2v) is 12.7. The van der Waals surface area contributed by atoms with Gasteiger partial charge in [-0.05, 0) is 66.9 Å². The summed E-state index contributed by atoms with van der Waals surface area (Å²) in [7, 11) is -4.16. The van der Waals surface area contributed by atoms with Crippen LogP contribution in [0, 0.1) is 6.92 Å². The Bertz CT molecular complexity index is 1670. The van der Waals surface area contributed by atoms with Crippen molar-refractivity contribution in [1.29, 1.82) is 0 Å². The number of amides is 2. The van der Waals surface area contributed by atoms with Gasteiger partial charge in [-0.15, -0.1) is 0 Å². The summed E-state index contributed by atoms with van der Waals surface area (Å²) in [5.41, 5.74) is 2.56. The molecule has 0 spiro atoms. The van der Waals surface area contributed by atoms with E-state index in [0.717, 1.165) is 15.4 Å². The molecule has 1 unspecified atom stereocenters. The van der Waals surface area contributed by atoms with Gasteiger partial charge in [-0.25, -0.2) is 8.42 Å². The van der Waals surface area contributed by atoms with E-state index >= 15 is 0 Å². The van der Waals surface area contributed by atoms with Crippen LogP contribution in [-0.4, -0.2) is 44.3 Å². The summed E-state index contributed by atoms with van der Waals surface area (Å²) in [6.45, 7) is 3.41. The SMILES string of the molecule is CCNC(=O)C(Cc1ccccc1)N(Cc1ccc(Cl)cc1Cl)C(=O)CN(c1cccc(C)c1)S(=O)(=O)c1ccccc1. The van der Waals surface area contributed by atoms with E-state index in [1.54, 1.807) is 61.5 Å². The molecule has 0 bridgehead atoms. The molecule has 43 heavy (non-hydrogen) atoms. The van der Waals surface area contributed by atoms with Gasteiger partial charge in [0.05, 0.1) is 10.6 Å². The van der Waals surface area contributed by atoms with E-state index in [4.69, 9.17) is 23.2 Å². The first kappa shape index (κ1) is 32.1. The van der Waals surface area contributed by atoms with E-state index in [1.807, 2.05) is 43.3 Å². The lowest BCUT2D eigenvalue weighted by molar-refractivity contribution is -0.140. The quantitative estimate of drug-likeness (QED) is 0.198. The third-order valence-electron chi connectivity index (χ3n) is 6.88. The van der Waals surface area contributed by atoms with Gasteiger partial charge in [-0.3, -0.25) is 13.9 Å². The van der Waals surface area contributed by atoms with E-state index in [0.29, 0.717) is 27.8 Å². The summed E-state index contributed by atoms with van der Waals surface area (Å²) in [5.74, 6) is -0.933. The highest BCUT2D eigenvalue weighted by Crippen LogP contribution is 2.27. The number of nitrogens with one attached hydrogen (secondary N) is 1. The maximum atomic E-state index is 14.4. The topological polar surface area (TPSA) is 86.8 Å². The van der Waals surface area contributed by atoms with E-state index < -0.39 is 28.5 Å². The third kappa shape index (κ3) is 8.16. The maximum Gasteiger partial charge on any atom is 0.264 e. The number of rotatable bonds is 12. The highest BCUT2D eigenvalue weighted by Gasteiger charge is 2.34. The number of carbonyl (C=O) groups excluding carboxylic acids is 2. The number of aryl methyl sites for hydroxylation is 1. The number of halogens is 2. The van der Waals surface area contributed by atoms with Gasteiger partial charge in [0.25, 0.3) is 10.0 Å². The summed E-state index contributed by atoms with van der Waals surface area (Å²) < 4.78 is 29.1. The van der Waals surface area contributed by atoms with E-state index in [2.05, 4.69) is 5.32 Å². The molecule has 0 heterocycles. The molecule has 0 saturated heterocycles. The predicted molar refractivity (Wildman–Crippen MR) is 172 cm³/mol. The summed E-state index contributed by atoms with van der Waals surface area (Å²) in [6.07, 6.45) is 0.208. The van der Waals surface area contributed by atoms with Crippen molar-refractivity contribution in [2.75, 3.05) is 17.4 Å². The standard InChI is InChI=1S/C33H33Cl2N3O4S/c1-3-36-33(40)31(20-25-12-6-4-7-13-25)37(22-26-17-18-27(34)21-30(26)35)32(39)23-38(28-14-10-11-24(2)19-28)43(41,42)29-15-8-5-9-16-29/h4-19,21,31H,3,20,22-23H2,1-2H3,(H,36,40). The van der Waals surface area contributed by atoms with Crippen LogP contribution >= 0.6 is 23.2 Å². The van der Waals surface area contributed by atoms with Crippen molar-refractivity contribution in [3.63, 3.8) is 0 Å². The largest absolute Gasteiger partial charge is 0.355 e. The van der Waals surface area contributed by atoms with E-state index in [-0.39, 0.29) is 23.8 Å². The van der Waals surface area contributed by atoms with Crippen molar-refractivity contribution in [3.8, 4) is 0 Å². The van der Waals surface area contributed by atoms with Gasteiger partial charge in [0.2, 0.25) is 11.8 Å². The Morgan fingerprint density at radius 3 is 2.16 bits per heavy atom. The Kier molecular flexibility index (Phi) is 10.9. The molecule has 224 valence electrons. The van der Waals surface area contributed by atoms with Crippen LogP contribution < -0.4 is 9.62 Å². The summed E-state index contributed by atoms with van der Waals surface area (Å²) in [6, 6.07) is 28.2. The number of likely N-dealkylation sites (N-methyl/N-ethyl adjacent to an activating group) is 1. The lowest BCUT2D eigenvalue weighted by Gasteiger charge is -2.34. The first-order chi connectivity index (χ1) is 20.6. The number of hydrogen-bond acceptors (Lipinski definition) is 4. The van der Waals surface area contributed by atoms with E-state index in [1.165, 1.54) is 17.0 Å². The van der Waals surface area contributed by atoms with Crippen LogP contribution in [0.15, 0.2) is 108 Å². The van der Waals surface area contributed by atoms with Crippen LogP contribution in [0.3, 0.4) is 0 Å². The van der Waals surface area contributed by atoms with Crippen molar-refractivity contribution in [3.05, 3.63) is 130 Å². The smallest absolute Gasteiger partial charge is 0.264 e. The summed E-state index contributed by atoms with van der Waals surface area (Å²) in [5, 5.41) is 3.59. The molecule has 0 aliphatic heterocycles. The van der Waals surface area contributed by atoms with Crippen molar-refractivity contribution in [2.24, 2.45) is 0 Å². The maximum absolute atomic E-state index is 14.4. The fourth-order valence-electron chi connectivity index (χ4n) is 4.71. The fourth-order valence-corrected chi connectivity index (χ4v) is 6.61. The molecule has 4 aromatic carbocycles. The van der Waals surface area contributed by atoms with Crippen LogP contribution in [0.4, 0.5) is 5.69 Å². The first-order valence-electron chi connectivity index (χ1n) is 13.8. The second kappa shape index (κ2) is 14.6. The number of sulfonamides is 1. The van der Waals surface area contributed by atoms with Crippen molar-refractivity contribution in [1.82, 2.24) is 10.2 Å². The van der Waals surface area contributed by atoms with Gasteiger partial charge in [-0.2, -0.15) is 0 Å². The number of anilines is 1. The normalized spacial score (nSPS) is 11.9. The van der Waals surface area contributed by atoms with Crippen molar-refractivity contribution in [2.45, 2.75) is 37.8 Å². The Morgan fingerprint density at radius 2 is 1.53 bits per heavy atom. The molecule has 0 aliphatic rings. The zero-order valence-electron chi connectivity index (χ0n) is 23.9. The van der Waals surface area contributed by atoms with Gasteiger partial charge in [0, 0.05) is 29.6 Å². The minimum absolute atomic E-state index is 0.0427. The third-order valence-corrected chi connectivity index (χ3v) is 9.25. The van der Waals surface area contributed by atoms with E-state index in [9.17, 15) is 18.0 Å². The lowest BCUT2D eigenvalue weighted by Crippen LogP contribution is -2.53. The van der Waals surface area contributed by atoms with Crippen molar-refractivity contribution >= 4 is 50.7 Å². The zero-order valence-corrected chi connectivity index (χ0v) is 26.2. The van der Waals surface area contributed by atoms with Crippen LogP contribution in [-0.2, 0) is 32.6 Å². The molecule has 1 atom stereocenters. The molecule has 2 amide bonds. The molecule has 0 radical (unpaired) electrons. The van der Waals surface area contributed by atoms with Crippen LogP contribution in [0.1, 0.15) is 23.6 Å². The minimum Gasteiger partial charge on any atom is -0.355 e. The molecule has 0 aliphatic carbocycles. The molecule has 4 rings (SSSR count). The van der Waals surface area contributed by atoms with Crippen molar-refractivity contribution < 1.29 is 18.0 Å². The molecule has 7 nitrogen and oxygen atoms in total. The molecule has 10 heteroatoms. The number of nitrogens with zero attached hydrogens (tertiary/aromatic N) is 2. The molecule has 1 N–H and O–H groups in total. The molecular formula is C33H33Cl2N3O4S. The summed E-state index contributed by atoms with van der Waals surface area (Å²) in [4.78, 5) is 29.4. The Hall–Kier alpha value is -3.85. The molecule has 0 fully saturated rings. The molecule has 0 saturated carbocycles. The number of hydrogen-bond donors (Lipinski definition) is 1. The average Bonchev–Trinajstić information content (AvgIpc) is 2.99. The minimum atomic E-state index is -4.16. The highest BCUT2D eigenvalue weighted by atomic mass is 35.5. The second-order valence-electron chi connectivity index (χ2n) is 10.0. The predicted octanol–water partition coefficient (Wildman–Crippen LogP) is 6.27. The Labute approximate surface area is 263 Å². The zero-order chi connectivity index (χ0) is 31.0. The van der Waals surface area contributed by atoms with Gasteiger partial charge in [-0.1, -0.05) is 89.9 Å². The van der Waals surface area contributed by atoms with Gasteiger partial charge >= 0.3 is 0 Å². The molecule has 0 aromatic heterocycles. The number of benzene rings is 4. The monoisotopic (exact) mass is 637 g/mol.